The van der Waals surface area contributed by atoms with Gasteiger partial charge in [-0.3, -0.25) is 0 Å². The van der Waals surface area contributed by atoms with Crippen molar-refractivity contribution in [1.29, 1.82) is 0 Å². The molecular weight excluding hydrogens is 308 g/mol. The van der Waals surface area contributed by atoms with E-state index in [0.717, 1.165) is 6.08 Å². The Kier molecular flexibility index (Phi) is 5.69. The maximum Gasteiger partial charge on any atom is 0.333 e. The number of carbonyl (C=O) groups is 1. The molecule has 8 nitrogen and oxygen atoms in total. The van der Waals surface area contributed by atoms with Gasteiger partial charge in [0, 0.05) is 6.08 Å². The first-order chi connectivity index (χ1) is 10.9. The Hall–Kier alpha value is -1.97. The second kappa shape index (κ2) is 7.53. The molecule has 1 saturated heterocycles. The molecule has 0 aliphatic carbocycles. The molecule has 1 aromatic carbocycles. The minimum absolute atomic E-state index is 0.0889. The van der Waals surface area contributed by atoms with Gasteiger partial charge in [0.05, 0.1) is 6.61 Å². The molecule has 0 saturated carbocycles. The van der Waals surface area contributed by atoms with Gasteiger partial charge in [-0.2, -0.15) is 0 Å². The number of aromatic hydroxyl groups is 1. The average Bonchev–Trinajstić information content (AvgIpc) is 2.55. The molecule has 0 aromatic heterocycles. The zero-order chi connectivity index (χ0) is 17.0. The number of rotatable bonds is 4. The van der Waals surface area contributed by atoms with Crippen LogP contribution in [0.15, 0.2) is 30.3 Å². The van der Waals surface area contributed by atoms with Gasteiger partial charge in [0.15, 0.2) is 0 Å². The van der Waals surface area contributed by atoms with Crippen molar-refractivity contribution in [3.05, 3.63) is 35.9 Å². The maximum atomic E-state index is 11.7. The molecule has 2 unspecified atom stereocenters. The predicted octanol–water partition coefficient (Wildman–Crippen LogP) is -1.25. The highest BCUT2D eigenvalue weighted by atomic mass is 16.7. The Bertz CT molecular complexity index is 553. The van der Waals surface area contributed by atoms with Gasteiger partial charge in [-0.25, -0.2) is 4.79 Å². The Morgan fingerprint density at radius 3 is 2.39 bits per heavy atom. The van der Waals surface area contributed by atoms with Crippen LogP contribution in [0.2, 0.25) is 0 Å². The van der Waals surface area contributed by atoms with E-state index in [1.54, 1.807) is 12.1 Å². The van der Waals surface area contributed by atoms with E-state index < -0.39 is 43.3 Å². The van der Waals surface area contributed by atoms with E-state index in [1.165, 1.54) is 18.2 Å². The molecule has 0 radical (unpaired) electrons. The fourth-order valence-corrected chi connectivity index (χ4v) is 2.07. The molecule has 1 aliphatic rings. The molecule has 2 rings (SSSR count). The first-order valence-electron chi connectivity index (χ1n) is 6.90. The summed E-state index contributed by atoms with van der Waals surface area (Å²) in [5.41, 5.74) is 0.633. The number of phenolic OH excluding ortho intramolecular Hbond substituents is 1. The van der Waals surface area contributed by atoms with Crippen molar-refractivity contribution < 1.29 is 39.8 Å². The summed E-state index contributed by atoms with van der Waals surface area (Å²) in [6, 6.07) is 6.05. The second-order valence-electron chi connectivity index (χ2n) is 5.06. The lowest BCUT2D eigenvalue weighted by molar-refractivity contribution is -0.291. The van der Waals surface area contributed by atoms with E-state index in [4.69, 9.17) is 19.7 Å². The highest BCUT2D eigenvalue weighted by Gasteiger charge is 2.45. The summed E-state index contributed by atoms with van der Waals surface area (Å²) >= 11 is 0. The number of phenols is 1. The summed E-state index contributed by atoms with van der Waals surface area (Å²) in [5.74, 6) is -0.756. The van der Waals surface area contributed by atoms with Gasteiger partial charge in [0.1, 0.15) is 30.2 Å². The first-order valence-corrected chi connectivity index (χ1v) is 6.90. The Morgan fingerprint density at radius 2 is 1.78 bits per heavy atom. The Balaban J connectivity index is 1.97. The van der Waals surface area contributed by atoms with E-state index in [-0.39, 0.29) is 5.75 Å². The molecule has 126 valence electrons. The third-order valence-corrected chi connectivity index (χ3v) is 3.39. The zero-order valence-electron chi connectivity index (χ0n) is 12.0. The Labute approximate surface area is 131 Å². The fraction of sp³-hybridized carbons (Fsp3) is 0.400. The monoisotopic (exact) mass is 326 g/mol. The van der Waals surface area contributed by atoms with Crippen molar-refractivity contribution in [3.63, 3.8) is 0 Å². The predicted molar refractivity (Wildman–Crippen MR) is 77.0 cm³/mol. The van der Waals surface area contributed by atoms with E-state index in [0.29, 0.717) is 5.56 Å². The molecule has 8 heteroatoms. The van der Waals surface area contributed by atoms with Crippen molar-refractivity contribution >= 4 is 12.0 Å². The second-order valence-corrected chi connectivity index (χ2v) is 5.06. The van der Waals surface area contributed by atoms with Crippen LogP contribution in [0.3, 0.4) is 0 Å². The van der Waals surface area contributed by atoms with Crippen LogP contribution in [0.25, 0.3) is 6.08 Å². The summed E-state index contributed by atoms with van der Waals surface area (Å²) < 4.78 is 9.92. The lowest BCUT2D eigenvalue weighted by Gasteiger charge is -2.38. The SMILES string of the molecule is O=C(/C=C/c1ccc(O)cc1)O[C@@H]1OC(CO)[C@@H](O)C(O)[C@@H]1O. The van der Waals surface area contributed by atoms with Crippen molar-refractivity contribution in [1.82, 2.24) is 0 Å². The highest BCUT2D eigenvalue weighted by molar-refractivity contribution is 5.87. The lowest BCUT2D eigenvalue weighted by Crippen LogP contribution is -2.59. The van der Waals surface area contributed by atoms with Crippen LogP contribution in [0.5, 0.6) is 5.75 Å². The third-order valence-electron chi connectivity index (χ3n) is 3.39. The van der Waals surface area contributed by atoms with Gasteiger partial charge < -0.3 is 35.0 Å². The number of benzene rings is 1. The van der Waals surface area contributed by atoms with Crippen LogP contribution in [0.1, 0.15) is 5.56 Å². The van der Waals surface area contributed by atoms with E-state index in [1.807, 2.05) is 0 Å². The molecule has 0 bridgehead atoms. The van der Waals surface area contributed by atoms with Crippen LogP contribution < -0.4 is 0 Å². The number of aliphatic hydroxyl groups is 4. The average molecular weight is 326 g/mol. The first kappa shape index (κ1) is 17.4. The van der Waals surface area contributed by atoms with E-state index in [9.17, 15) is 20.1 Å². The molecular formula is C15H18O8. The molecule has 1 heterocycles. The van der Waals surface area contributed by atoms with Crippen molar-refractivity contribution in [2.75, 3.05) is 6.61 Å². The minimum atomic E-state index is -1.64. The molecule has 1 aromatic rings. The summed E-state index contributed by atoms with van der Waals surface area (Å²) in [6.45, 7) is -0.609. The minimum Gasteiger partial charge on any atom is -0.508 e. The number of carbonyl (C=O) groups excluding carboxylic acids is 1. The third kappa shape index (κ3) is 4.27. The number of hydrogen-bond acceptors (Lipinski definition) is 8. The molecule has 5 atom stereocenters. The molecule has 0 amide bonds. The van der Waals surface area contributed by atoms with Crippen molar-refractivity contribution in [3.8, 4) is 5.75 Å². The van der Waals surface area contributed by atoms with Gasteiger partial charge in [-0.15, -0.1) is 0 Å². The molecule has 23 heavy (non-hydrogen) atoms. The number of ether oxygens (including phenoxy) is 2. The van der Waals surface area contributed by atoms with Crippen LogP contribution in [-0.2, 0) is 14.3 Å². The molecule has 1 aliphatic heterocycles. The largest absolute Gasteiger partial charge is 0.508 e. The molecule has 5 N–H and O–H groups in total. The molecule has 0 spiro atoms. The summed E-state index contributed by atoms with van der Waals surface area (Å²) in [4.78, 5) is 11.7. The van der Waals surface area contributed by atoms with E-state index in [2.05, 4.69) is 0 Å². The van der Waals surface area contributed by atoms with Gasteiger partial charge in [-0.05, 0) is 23.8 Å². The summed E-state index contributed by atoms with van der Waals surface area (Å²) in [5, 5.41) is 47.1. The number of aliphatic hydroxyl groups excluding tert-OH is 4. The summed E-state index contributed by atoms with van der Waals surface area (Å²) in [7, 11) is 0. The summed E-state index contributed by atoms with van der Waals surface area (Å²) in [6.07, 6.45) is -4.93. The standard InChI is InChI=1S/C15H18O8/c16-7-10-12(19)13(20)14(21)15(22-10)23-11(18)6-3-8-1-4-9(17)5-2-8/h1-6,10,12-17,19-21H,7H2/b6-3+/t10?,12-,13?,14+,15+/m1/s1. The topological polar surface area (TPSA) is 137 Å². The zero-order valence-corrected chi connectivity index (χ0v) is 12.0. The van der Waals surface area contributed by atoms with Crippen LogP contribution >= 0.6 is 0 Å². The highest BCUT2D eigenvalue weighted by Crippen LogP contribution is 2.22. The van der Waals surface area contributed by atoms with Gasteiger partial charge in [0.2, 0.25) is 6.29 Å². The Morgan fingerprint density at radius 1 is 1.13 bits per heavy atom. The van der Waals surface area contributed by atoms with Crippen LogP contribution in [0.4, 0.5) is 0 Å². The van der Waals surface area contributed by atoms with Gasteiger partial charge in [-0.1, -0.05) is 12.1 Å². The quantitative estimate of drug-likeness (QED) is 0.342. The normalized spacial score (nSPS) is 31.2. The maximum absolute atomic E-state index is 11.7. The fourth-order valence-electron chi connectivity index (χ4n) is 2.07. The van der Waals surface area contributed by atoms with E-state index >= 15 is 0 Å². The van der Waals surface area contributed by atoms with Crippen LogP contribution in [0, 0.1) is 0 Å². The number of hydrogen-bond donors (Lipinski definition) is 5. The number of esters is 1. The smallest absolute Gasteiger partial charge is 0.333 e. The van der Waals surface area contributed by atoms with Crippen molar-refractivity contribution in [2.24, 2.45) is 0 Å². The van der Waals surface area contributed by atoms with Crippen molar-refractivity contribution in [2.45, 2.75) is 30.7 Å². The molecule has 1 fully saturated rings. The van der Waals surface area contributed by atoms with Gasteiger partial charge in [0.25, 0.3) is 0 Å². The van der Waals surface area contributed by atoms with Crippen LogP contribution in [-0.4, -0.2) is 68.8 Å². The lowest BCUT2D eigenvalue weighted by atomic mass is 9.99. The van der Waals surface area contributed by atoms with Gasteiger partial charge >= 0.3 is 5.97 Å².